The number of hydrogen-bond donors (Lipinski definition) is 1. The van der Waals surface area contributed by atoms with Gasteiger partial charge in [0.05, 0.1) is 0 Å². The van der Waals surface area contributed by atoms with Gasteiger partial charge < -0.3 is 5.73 Å². The van der Waals surface area contributed by atoms with E-state index in [-0.39, 0.29) is 0 Å². The Hall–Kier alpha value is 0.0500. The maximum absolute atomic E-state index is 5.96. The van der Waals surface area contributed by atoms with Crippen molar-refractivity contribution in [2.45, 2.75) is 12.8 Å². The fourth-order valence-corrected chi connectivity index (χ4v) is 2.10. The third kappa shape index (κ3) is 3.03. The Kier molecular flexibility index (Phi) is 4.33. The smallest absolute Gasteiger partial charge is 0.0467 e. The van der Waals surface area contributed by atoms with Crippen LogP contribution in [0.3, 0.4) is 0 Å². The molecule has 1 rings (SSSR count). The lowest BCUT2D eigenvalue weighted by molar-refractivity contribution is 0.833. The van der Waals surface area contributed by atoms with E-state index >= 15 is 0 Å². The summed E-state index contributed by atoms with van der Waals surface area (Å²) in [6.07, 6.45) is 1.67. The summed E-state index contributed by atoms with van der Waals surface area (Å²) >= 11 is 17.7. The molecule has 0 saturated carbocycles. The van der Waals surface area contributed by atoms with Gasteiger partial charge in [-0.3, -0.25) is 0 Å². The molecule has 0 aliphatic rings. The van der Waals surface area contributed by atoms with Crippen molar-refractivity contribution in [2.75, 3.05) is 6.54 Å². The maximum atomic E-state index is 5.96. The second-order valence-corrected chi connectivity index (χ2v) is 3.99. The lowest BCUT2D eigenvalue weighted by Gasteiger charge is -2.06. The average Bonchev–Trinajstić information content (AvgIpc) is 2.02. The Bertz CT molecular complexity index is 276. The zero-order valence-electron chi connectivity index (χ0n) is 6.99. The molecule has 4 heteroatoms. The minimum absolute atomic E-state index is 0.562. The normalized spacial score (nSPS) is 10.5. The molecule has 0 aliphatic carbocycles. The number of rotatable bonds is 3. The highest BCUT2D eigenvalue weighted by atomic mass is 35.5. The molecule has 1 aromatic rings. The molecule has 1 nitrogen and oxygen atoms in total. The van der Waals surface area contributed by atoms with Gasteiger partial charge in [0, 0.05) is 15.1 Å². The summed E-state index contributed by atoms with van der Waals surface area (Å²) in [4.78, 5) is 0. The molecule has 0 bridgehead atoms. The van der Waals surface area contributed by atoms with Gasteiger partial charge in [0.2, 0.25) is 0 Å². The third-order valence-corrected chi connectivity index (χ3v) is 2.63. The van der Waals surface area contributed by atoms with E-state index < -0.39 is 0 Å². The molecular weight excluding hydrogens is 228 g/mol. The van der Waals surface area contributed by atoms with Crippen LogP contribution in [0.15, 0.2) is 12.1 Å². The molecule has 0 atom stereocenters. The number of hydrogen-bond acceptors (Lipinski definition) is 1. The lowest BCUT2D eigenvalue weighted by atomic mass is 10.1. The fraction of sp³-hybridized carbons (Fsp3) is 0.333. The van der Waals surface area contributed by atoms with Gasteiger partial charge in [0.15, 0.2) is 0 Å². The highest BCUT2D eigenvalue weighted by Crippen LogP contribution is 2.29. The van der Waals surface area contributed by atoms with Gasteiger partial charge in [-0.1, -0.05) is 34.8 Å². The quantitative estimate of drug-likeness (QED) is 0.856. The van der Waals surface area contributed by atoms with Crippen LogP contribution in [-0.4, -0.2) is 6.54 Å². The summed E-state index contributed by atoms with van der Waals surface area (Å²) in [7, 11) is 0. The summed E-state index contributed by atoms with van der Waals surface area (Å²) in [6, 6.07) is 3.39. The topological polar surface area (TPSA) is 26.0 Å². The van der Waals surface area contributed by atoms with Crippen molar-refractivity contribution in [3.05, 3.63) is 32.8 Å². The summed E-state index contributed by atoms with van der Waals surface area (Å²) < 4.78 is 0. The van der Waals surface area contributed by atoms with E-state index in [2.05, 4.69) is 0 Å². The summed E-state index contributed by atoms with van der Waals surface area (Å²) in [5, 5.41) is 1.79. The molecule has 2 N–H and O–H groups in total. The van der Waals surface area contributed by atoms with E-state index in [1.54, 1.807) is 12.1 Å². The first-order chi connectivity index (χ1) is 6.15. The van der Waals surface area contributed by atoms with Gasteiger partial charge in [-0.05, 0) is 37.1 Å². The predicted molar refractivity (Wildman–Crippen MR) is 58.8 cm³/mol. The van der Waals surface area contributed by atoms with Crippen LogP contribution in [0, 0.1) is 0 Å². The zero-order valence-corrected chi connectivity index (χ0v) is 9.26. The number of halogens is 3. The molecule has 0 aromatic heterocycles. The highest BCUT2D eigenvalue weighted by Gasteiger charge is 2.06. The highest BCUT2D eigenvalue weighted by molar-refractivity contribution is 6.39. The molecule has 0 radical (unpaired) electrons. The van der Waals surface area contributed by atoms with Crippen LogP contribution in [0.4, 0.5) is 0 Å². The van der Waals surface area contributed by atoms with Crippen molar-refractivity contribution in [2.24, 2.45) is 5.73 Å². The Morgan fingerprint density at radius 1 is 1.08 bits per heavy atom. The van der Waals surface area contributed by atoms with E-state index in [1.807, 2.05) is 0 Å². The zero-order chi connectivity index (χ0) is 9.84. The number of nitrogens with two attached hydrogens (primary N) is 1. The van der Waals surface area contributed by atoms with E-state index in [4.69, 9.17) is 40.5 Å². The van der Waals surface area contributed by atoms with Gasteiger partial charge in [-0.2, -0.15) is 0 Å². The summed E-state index contributed by atoms with van der Waals surface area (Å²) in [5.74, 6) is 0. The summed E-state index contributed by atoms with van der Waals surface area (Å²) in [6.45, 7) is 0.634. The van der Waals surface area contributed by atoms with Crippen LogP contribution >= 0.6 is 34.8 Å². The predicted octanol–water partition coefficient (Wildman–Crippen LogP) is 3.54. The van der Waals surface area contributed by atoms with Crippen LogP contribution in [-0.2, 0) is 6.42 Å². The van der Waals surface area contributed by atoms with Crippen LogP contribution < -0.4 is 5.73 Å². The molecule has 13 heavy (non-hydrogen) atoms. The molecular formula is C9H10Cl3N. The van der Waals surface area contributed by atoms with Crippen molar-refractivity contribution >= 4 is 34.8 Å². The van der Waals surface area contributed by atoms with Crippen molar-refractivity contribution in [3.8, 4) is 0 Å². The van der Waals surface area contributed by atoms with E-state index in [1.165, 1.54) is 0 Å². The van der Waals surface area contributed by atoms with Gasteiger partial charge in [0.25, 0.3) is 0 Å². The first-order valence-electron chi connectivity index (χ1n) is 3.98. The minimum atomic E-state index is 0.562. The maximum Gasteiger partial charge on any atom is 0.0467 e. The Morgan fingerprint density at radius 3 is 2.08 bits per heavy atom. The molecule has 72 valence electrons. The molecule has 0 saturated heterocycles. The van der Waals surface area contributed by atoms with Crippen LogP contribution in [0.2, 0.25) is 15.1 Å². The monoisotopic (exact) mass is 237 g/mol. The molecule has 0 heterocycles. The number of benzene rings is 1. The first-order valence-corrected chi connectivity index (χ1v) is 5.12. The second kappa shape index (κ2) is 5.06. The Morgan fingerprint density at radius 2 is 1.62 bits per heavy atom. The van der Waals surface area contributed by atoms with E-state index in [0.29, 0.717) is 21.6 Å². The van der Waals surface area contributed by atoms with Crippen molar-refractivity contribution in [1.82, 2.24) is 0 Å². The summed E-state index contributed by atoms with van der Waals surface area (Å²) in [5.41, 5.74) is 6.32. The first kappa shape index (κ1) is 11.1. The third-order valence-electron chi connectivity index (χ3n) is 1.74. The lowest BCUT2D eigenvalue weighted by Crippen LogP contribution is -2.01. The molecule has 0 unspecified atom stereocenters. The van der Waals surface area contributed by atoms with Crippen molar-refractivity contribution in [3.63, 3.8) is 0 Å². The second-order valence-electron chi connectivity index (χ2n) is 2.74. The van der Waals surface area contributed by atoms with Crippen LogP contribution in [0.25, 0.3) is 0 Å². The molecule has 0 aliphatic heterocycles. The van der Waals surface area contributed by atoms with Gasteiger partial charge >= 0.3 is 0 Å². The SMILES string of the molecule is NCCCc1c(Cl)cc(Cl)cc1Cl. The van der Waals surface area contributed by atoms with E-state index in [0.717, 1.165) is 18.4 Å². The van der Waals surface area contributed by atoms with Crippen LogP contribution in [0.1, 0.15) is 12.0 Å². The Balaban J connectivity index is 2.92. The standard InChI is InChI=1S/C9H10Cl3N/c10-6-4-8(11)7(2-1-3-13)9(12)5-6/h4-5H,1-3,13H2. The largest absolute Gasteiger partial charge is 0.330 e. The van der Waals surface area contributed by atoms with Crippen LogP contribution in [0.5, 0.6) is 0 Å². The molecule has 0 fully saturated rings. The van der Waals surface area contributed by atoms with Gasteiger partial charge in [-0.15, -0.1) is 0 Å². The Labute approximate surface area is 92.8 Å². The van der Waals surface area contributed by atoms with Gasteiger partial charge in [-0.25, -0.2) is 0 Å². The fourth-order valence-electron chi connectivity index (χ4n) is 1.09. The molecule has 0 spiro atoms. The van der Waals surface area contributed by atoms with Gasteiger partial charge in [0.1, 0.15) is 0 Å². The van der Waals surface area contributed by atoms with Crippen molar-refractivity contribution < 1.29 is 0 Å². The molecule has 0 amide bonds. The van der Waals surface area contributed by atoms with Crippen molar-refractivity contribution in [1.29, 1.82) is 0 Å². The minimum Gasteiger partial charge on any atom is -0.330 e. The van der Waals surface area contributed by atoms with E-state index in [9.17, 15) is 0 Å². The molecule has 1 aromatic carbocycles. The average molecular weight is 239 g/mol.